The van der Waals surface area contributed by atoms with E-state index in [0.29, 0.717) is 30.3 Å². The van der Waals surface area contributed by atoms with Crippen molar-refractivity contribution < 1.29 is 14.3 Å². The molecule has 0 saturated heterocycles. The van der Waals surface area contributed by atoms with Gasteiger partial charge in [0, 0.05) is 17.9 Å². The van der Waals surface area contributed by atoms with Gasteiger partial charge in [0.25, 0.3) is 0 Å². The molecule has 3 heterocycles. The third-order valence-corrected chi connectivity index (χ3v) is 6.35. The van der Waals surface area contributed by atoms with Gasteiger partial charge in [-0.15, -0.1) is 0 Å². The average Bonchev–Trinajstić information content (AvgIpc) is 3.40. The smallest absolute Gasteiger partial charge is 0.226 e. The molecule has 5 rings (SSSR count). The van der Waals surface area contributed by atoms with Crippen molar-refractivity contribution in [1.82, 2.24) is 14.8 Å². The highest BCUT2D eigenvalue weighted by atomic mass is 32.1. The van der Waals surface area contributed by atoms with Gasteiger partial charge in [-0.25, -0.2) is 4.98 Å². The molecule has 0 saturated carbocycles. The number of carbonyl (C=O) groups excluding carboxylic acids is 1. The van der Waals surface area contributed by atoms with Crippen molar-refractivity contribution in [3.05, 3.63) is 59.8 Å². The summed E-state index contributed by atoms with van der Waals surface area (Å²) >= 11 is 1.54. The number of rotatable bonds is 6. The number of hydrogen-bond acceptors (Lipinski definition) is 6. The molecule has 1 aliphatic rings. The molecular formula is C23H22N4O3S. The number of fused-ring (bicyclic) bond motifs is 2. The standard InChI is InChI=1S/C23H22N4O3S/c1-3-10-30-18-9-8-14(11-19(18)29-2)15-12-21(28)26-22-16(15)13-24-27(22)23-25-17-6-4-5-7-20(17)31-23/h4-9,11,13,15H,3,10,12H2,1-2H3,(H,26,28). The van der Waals surface area contributed by atoms with Crippen LogP contribution < -0.4 is 14.8 Å². The number of carbonyl (C=O) groups is 1. The number of thiazole rings is 1. The molecule has 8 heteroatoms. The van der Waals surface area contributed by atoms with Gasteiger partial charge in [-0.3, -0.25) is 4.79 Å². The Bertz CT molecular complexity index is 1230. The predicted molar refractivity (Wildman–Crippen MR) is 121 cm³/mol. The van der Waals surface area contributed by atoms with Crippen LogP contribution in [0.1, 0.15) is 36.8 Å². The summed E-state index contributed by atoms with van der Waals surface area (Å²) in [6, 6.07) is 13.8. The van der Waals surface area contributed by atoms with E-state index in [1.54, 1.807) is 23.1 Å². The minimum absolute atomic E-state index is 0.0503. The number of anilines is 1. The maximum atomic E-state index is 12.6. The highest BCUT2D eigenvalue weighted by Gasteiger charge is 2.31. The summed E-state index contributed by atoms with van der Waals surface area (Å²) in [5.41, 5.74) is 2.86. The minimum atomic E-state index is -0.124. The van der Waals surface area contributed by atoms with Crippen molar-refractivity contribution in [2.24, 2.45) is 0 Å². The van der Waals surface area contributed by atoms with E-state index in [4.69, 9.17) is 9.47 Å². The van der Waals surface area contributed by atoms with Gasteiger partial charge in [-0.05, 0) is 36.2 Å². The van der Waals surface area contributed by atoms with E-state index in [1.165, 1.54) is 0 Å². The second kappa shape index (κ2) is 8.03. The number of nitrogens with zero attached hydrogens (tertiary/aromatic N) is 3. The normalized spacial score (nSPS) is 15.5. The lowest BCUT2D eigenvalue weighted by atomic mass is 9.87. The van der Waals surface area contributed by atoms with Crippen LogP contribution in [0.4, 0.5) is 5.82 Å². The third kappa shape index (κ3) is 3.53. The summed E-state index contributed by atoms with van der Waals surface area (Å²) in [5.74, 6) is 1.87. The molecule has 1 unspecified atom stereocenters. The molecular weight excluding hydrogens is 412 g/mol. The van der Waals surface area contributed by atoms with Gasteiger partial charge in [-0.1, -0.05) is 36.5 Å². The molecule has 31 heavy (non-hydrogen) atoms. The van der Waals surface area contributed by atoms with Crippen molar-refractivity contribution in [3.63, 3.8) is 0 Å². The van der Waals surface area contributed by atoms with Crippen LogP contribution in [0.15, 0.2) is 48.7 Å². The number of para-hydroxylation sites is 1. The molecule has 0 spiro atoms. The fourth-order valence-corrected chi connectivity index (χ4v) is 4.78. The zero-order valence-corrected chi connectivity index (χ0v) is 18.1. The van der Waals surface area contributed by atoms with Crippen LogP contribution in [0.25, 0.3) is 15.3 Å². The zero-order valence-electron chi connectivity index (χ0n) is 17.3. The molecule has 1 amide bonds. The number of methoxy groups -OCH3 is 1. The van der Waals surface area contributed by atoms with Crippen LogP contribution in [0, 0.1) is 0 Å². The van der Waals surface area contributed by atoms with Gasteiger partial charge < -0.3 is 14.8 Å². The molecule has 0 fully saturated rings. The molecule has 0 aliphatic carbocycles. The van der Waals surface area contributed by atoms with Crippen molar-refractivity contribution in [2.75, 3.05) is 19.0 Å². The summed E-state index contributed by atoms with van der Waals surface area (Å²) in [7, 11) is 1.63. The van der Waals surface area contributed by atoms with Crippen molar-refractivity contribution in [2.45, 2.75) is 25.7 Å². The number of hydrogen-bond donors (Lipinski definition) is 1. The minimum Gasteiger partial charge on any atom is -0.493 e. The van der Waals surface area contributed by atoms with Gasteiger partial charge in [-0.2, -0.15) is 9.78 Å². The first kappa shape index (κ1) is 19.6. The van der Waals surface area contributed by atoms with Gasteiger partial charge in [0.1, 0.15) is 5.82 Å². The van der Waals surface area contributed by atoms with Crippen LogP contribution in [-0.2, 0) is 4.79 Å². The van der Waals surface area contributed by atoms with Crippen molar-refractivity contribution in [1.29, 1.82) is 0 Å². The average molecular weight is 435 g/mol. The second-order valence-electron chi connectivity index (χ2n) is 7.39. The SMILES string of the molecule is CCCOc1ccc(C2CC(=O)Nc3c2cnn3-c2nc3ccccc3s2)cc1OC. The van der Waals surface area contributed by atoms with Gasteiger partial charge >= 0.3 is 0 Å². The lowest BCUT2D eigenvalue weighted by Gasteiger charge is -2.24. The number of amides is 1. The molecule has 4 aromatic rings. The van der Waals surface area contributed by atoms with E-state index in [-0.39, 0.29) is 11.8 Å². The largest absolute Gasteiger partial charge is 0.493 e. The van der Waals surface area contributed by atoms with Crippen molar-refractivity contribution >= 4 is 33.3 Å². The summed E-state index contributed by atoms with van der Waals surface area (Å²) in [4.78, 5) is 17.3. The monoisotopic (exact) mass is 434 g/mol. The summed E-state index contributed by atoms with van der Waals surface area (Å²) in [5, 5.41) is 8.29. The van der Waals surface area contributed by atoms with Crippen molar-refractivity contribution in [3.8, 4) is 16.6 Å². The third-order valence-electron chi connectivity index (χ3n) is 5.34. The Kier molecular flexibility index (Phi) is 5.07. The van der Waals surface area contributed by atoms with Crippen LogP contribution in [-0.4, -0.2) is 34.4 Å². The molecule has 2 aromatic carbocycles. The van der Waals surface area contributed by atoms with E-state index < -0.39 is 0 Å². The van der Waals surface area contributed by atoms with Crippen LogP contribution in [0.3, 0.4) is 0 Å². The topological polar surface area (TPSA) is 78.3 Å². The molecule has 0 bridgehead atoms. The maximum absolute atomic E-state index is 12.6. The number of nitrogens with one attached hydrogen (secondary N) is 1. The molecule has 7 nitrogen and oxygen atoms in total. The molecule has 2 aromatic heterocycles. The van der Waals surface area contributed by atoms with Gasteiger partial charge in [0.15, 0.2) is 11.5 Å². The summed E-state index contributed by atoms with van der Waals surface area (Å²) < 4.78 is 14.1. The Morgan fingerprint density at radius 3 is 2.90 bits per heavy atom. The maximum Gasteiger partial charge on any atom is 0.226 e. The molecule has 0 radical (unpaired) electrons. The quantitative estimate of drug-likeness (QED) is 0.474. The van der Waals surface area contributed by atoms with E-state index in [2.05, 4.69) is 22.3 Å². The summed E-state index contributed by atoms with van der Waals surface area (Å²) in [6.45, 7) is 2.69. The van der Waals surface area contributed by atoms with Gasteiger partial charge in [0.05, 0.1) is 30.1 Å². The van der Waals surface area contributed by atoms with E-state index >= 15 is 0 Å². The Labute approximate surface area is 183 Å². The second-order valence-corrected chi connectivity index (χ2v) is 8.40. The zero-order chi connectivity index (χ0) is 21.4. The number of aromatic nitrogens is 3. The molecule has 158 valence electrons. The van der Waals surface area contributed by atoms with E-state index in [1.807, 2.05) is 48.7 Å². The predicted octanol–water partition coefficient (Wildman–Crippen LogP) is 4.75. The Balaban J connectivity index is 1.54. The highest BCUT2D eigenvalue weighted by Crippen LogP contribution is 2.41. The lowest BCUT2D eigenvalue weighted by Crippen LogP contribution is -2.24. The summed E-state index contributed by atoms with van der Waals surface area (Å²) in [6.07, 6.45) is 3.08. The number of ether oxygens (including phenoxy) is 2. The van der Waals surface area contributed by atoms with Crippen LogP contribution in [0.2, 0.25) is 0 Å². The Morgan fingerprint density at radius 2 is 2.10 bits per heavy atom. The van der Waals surface area contributed by atoms with E-state index in [0.717, 1.165) is 32.9 Å². The van der Waals surface area contributed by atoms with E-state index in [9.17, 15) is 4.79 Å². The molecule has 1 N–H and O–H groups in total. The lowest BCUT2D eigenvalue weighted by molar-refractivity contribution is -0.116. The van der Waals surface area contributed by atoms with Crippen LogP contribution >= 0.6 is 11.3 Å². The first-order valence-electron chi connectivity index (χ1n) is 10.2. The highest BCUT2D eigenvalue weighted by molar-refractivity contribution is 7.20. The molecule has 1 aliphatic heterocycles. The fourth-order valence-electron chi connectivity index (χ4n) is 3.84. The Hall–Kier alpha value is -3.39. The number of benzene rings is 2. The first-order chi connectivity index (χ1) is 15.2. The fraction of sp³-hybridized carbons (Fsp3) is 0.261. The van der Waals surface area contributed by atoms with Gasteiger partial charge in [0.2, 0.25) is 11.0 Å². The Morgan fingerprint density at radius 1 is 1.23 bits per heavy atom. The van der Waals surface area contributed by atoms with Crippen LogP contribution in [0.5, 0.6) is 11.5 Å². The molecule has 1 atom stereocenters. The first-order valence-corrected chi connectivity index (χ1v) is 11.0.